The molecular formula is C19H27N3O3. The third-order valence-corrected chi connectivity index (χ3v) is 4.18. The normalized spacial score (nSPS) is 13.5. The molecule has 0 fully saturated rings. The van der Waals surface area contributed by atoms with Crippen molar-refractivity contribution in [3.8, 4) is 17.1 Å². The van der Waals surface area contributed by atoms with E-state index in [2.05, 4.69) is 29.3 Å². The lowest BCUT2D eigenvalue weighted by atomic mass is 9.98. The van der Waals surface area contributed by atoms with Crippen LogP contribution in [0.5, 0.6) is 5.75 Å². The predicted octanol–water partition coefficient (Wildman–Crippen LogP) is 3.99. The Morgan fingerprint density at radius 3 is 2.48 bits per heavy atom. The Labute approximate surface area is 149 Å². The van der Waals surface area contributed by atoms with Gasteiger partial charge < -0.3 is 14.6 Å². The zero-order valence-electron chi connectivity index (χ0n) is 15.6. The van der Waals surface area contributed by atoms with Gasteiger partial charge in [0.15, 0.2) is 0 Å². The minimum atomic E-state index is -0.282. The summed E-state index contributed by atoms with van der Waals surface area (Å²) in [5.41, 5.74) is 0.840. The summed E-state index contributed by atoms with van der Waals surface area (Å²) in [5.74, 6) is 2.21. The molecule has 2 atom stereocenters. The summed E-state index contributed by atoms with van der Waals surface area (Å²) in [6.07, 6.45) is 1.37. The lowest BCUT2D eigenvalue weighted by Gasteiger charge is -2.21. The molecule has 0 bridgehead atoms. The molecule has 0 aliphatic heterocycles. The average Bonchev–Trinajstić information content (AvgIpc) is 3.08. The van der Waals surface area contributed by atoms with E-state index in [1.54, 1.807) is 7.11 Å². The monoisotopic (exact) mass is 345 g/mol. The average molecular weight is 345 g/mol. The smallest absolute Gasteiger partial charge is 0.249 e. The predicted molar refractivity (Wildman–Crippen MR) is 96.1 cm³/mol. The minimum absolute atomic E-state index is 0.00416. The fourth-order valence-corrected chi connectivity index (χ4v) is 2.51. The highest BCUT2D eigenvalue weighted by molar-refractivity contribution is 5.76. The Morgan fingerprint density at radius 1 is 1.24 bits per heavy atom. The Hall–Kier alpha value is -2.37. The van der Waals surface area contributed by atoms with Crippen LogP contribution in [0.2, 0.25) is 0 Å². The van der Waals surface area contributed by atoms with Crippen LogP contribution in [0.4, 0.5) is 0 Å². The van der Waals surface area contributed by atoms with Gasteiger partial charge in [-0.15, -0.1) is 0 Å². The van der Waals surface area contributed by atoms with Gasteiger partial charge in [-0.1, -0.05) is 39.3 Å². The Balaban J connectivity index is 2.20. The maximum Gasteiger partial charge on any atom is 0.249 e. The van der Waals surface area contributed by atoms with Crippen molar-refractivity contribution >= 4 is 5.91 Å². The molecule has 1 heterocycles. The molecule has 2 rings (SSSR count). The first-order valence-electron chi connectivity index (χ1n) is 8.72. The molecule has 0 saturated heterocycles. The second-order valence-corrected chi connectivity index (χ2v) is 6.71. The quantitative estimate of drug-likeness (QED) is 0.782. The summed E-state index contributed by atoms with van der Waals surface area (Å²) in [6.45, 7) is 8.18. The van der Waals surface area contributed by atoms with Gasteiger partial charge in [0.1, 0.15) is 11.8 Å². The highest BCUT2D eigenvalue weighted by atomic mass is 16.5. The van der Waals surface area contributed by atoms with Crippen molar-refractivity contribution in [2.45, 2.75) is 46.6 Å². The highest BCUT2D eigenvalue weighted by Gasteiger charge is 2.26. The van der Waals surface area contributed by atoms with Gasteiger partial charge in [0, 0.05) is 12.0 Å². The topological polar surface area (TPSA) is 77.2 Å². The van der Waals surface area contributed by atoms with Crippen LogP contribution in [0.25, 0.3) is 11.4 Å². The first-order valence-corrected chi connectivity index (χ1v) is 8.72. The van der Waals surface area contributed by atoms with E-state index in [1.807, 2.05) is 38.1 Å². The second kappa shape index (κ2) is 8.65. The van der Waals surface area contributed by atoms with Crippen LogP contribution in [0.3, 0.4) is 0 Å². The summed E-state index contributed by atoms with van der Waals surface area (Å²) in [7, 11) is 1.62. The van der Waals surface area contributed by atoms with Crippen molar-refractivity contribution < 1.29 is 14.1 Å². The number of aromatic nitrogens is 2. The number of carbonyl (C=O) groups is 1. The number of carbonyl (C=O) groups excluding carboxylic acids is 1. The lowest BCUT2D eigenvalue weighted by Crippen LogP contribution is -2.33. The maximum atomic E-state index is 12.2. The molecule has 2 aromatic rings. The van der Waals surface area contributed by atoms with Crippen LogP contribution in [0.15, 0.2) is 28.8 Å². The van der Waals surface area contributed by atoms with Crippen LogP contribution < -0.4 is 10.1 Å². The van der Waals surface area contributed by atoms with E-state index in [1.165, 1.54) is 0 Å². The molecule has 0 spiro atoms. The molecule has 0 radical (unpaired) electrons. The van der Waals surface area contributed by atoms with E-state index in [9.17, 15) is 4.79 Å². The molecule has 6 heteroatoms. The second-order valence-electron chi connectivity index (χ2n) is 6.71. The molecule has 0 unspecified atom stereocenters. The van der Waals surface area contributed by atoms with Crippen LogP contribution in [0, 0.1) is 11.8 Å². The Bertz CT molecular complexity index is 679. The van der Waals surface area contributed by atoms with Crippen LogP contribution in [-0.2, 0) is 4.79 Å². The van der Waals surface area contributed by atoms with Gasteiger partial charge in [0.2, 0.25) is 17.6 Å². The summed E-state index contributed by atoms with van der Waals surface area (Å²) in [4.78, 5) is 16.7. The van der Waals surface area contributed by atoms with Crippen LogP contribution in [-0.4, -0.2) is 23.2 Å². The van der Waals surface area contributed by atoms with Gasteiger partial charge in [-0.25, -0.2) is 0 Å². The van der Waals surface area contributed by atoms with Crippen molar-refractivity contribution in [1.29, 1.82) is 0 Å². The fourth-order valence-electron chi connectivity index (χ4n) is 2.51. The molecular weight excluding hydrogens is 318 g/mol. The van der Waals surface area contributed by atoms with Gasteiger partial charge in [-0.05, 0) is 36.1 Å². The molecule has 6 nitrogen and oxygen atoms in total. The number of nitrogens with one attached hydrogen (secondary N) is 1. The minimum Gasteiger partial charge on any atom is -0.497 e. The largest absolute Gasteiger partial charge is 0.497 e. The zero-order valence-corrected chi connectivity index (χ0v) is 15.6. The molecule has 1 N–H and O–H groups in total. The number of methoxy groups -OCH3 is 1. The molecule has 0 saturated carbocycles. The van der Waals surface area contributed by atoms with Gasteiger partial charge in [-0.3, -0.25) is 4.79 Å². The van der Waals surface area contributed by atoms with Crippen molar-refractivity contribution in [2.75, 3.05) is 7.11 Å². The molecule has 0 aliphatic carbocycles. The third kappa shape index (κ3) is 5.05. The molecule has 1 amide bonds. The number of hydrogen-bond acceptors (Lipinski definition) is 5. The van der Waals surface area contributed by atoms with Gasteiger partial charge in [0.25, 0.3) is 0 Å². The maximum absolute atomic E-state index is 12.2. The highest BCUT2D eigenvalue weighted by Crippen LogP contribution is 2.26. The summed E-state index contributed by atoms with van der Waals surface area (Å²) >= 11 is 0. The number of amides is 1. The Kier molecular flexibility index (Phi) is 6.56. The van der Waals surface area contributed by atoms with Crippen LogP contribution >= 0.6 is 0 Å². The molecule has 25 heavy (non-hydrogen) atoms. The van der Waals surface area contributed by atoms with Gasteiger partial charge in [0.05, 0.1) is 7.11 Å². The molecule has 136 valence electrons. The summed E-state index contributed by atoms with van der Waals surface area (Å²) in [6, 6.07) is 7.17. The van der Waals surface area contributed by atoms with E-state index in [0.29, 0.717) is 24.1 Å². The summed E-state index contributed by atoms with van der Waals surface area (Å²) in [5, 5.41) is 7.11. The van der Waals surface area contributed by atoms with E-state index in [4.69, 9.17) is 9.26 Å². The lowest BCUT2D eigenvalue weighted by molar-refractivity contribution is -0.123. The number of rotatable bonds is 8. The van der Waals surface area contributed by atoms with Crippen molar-refractivity contribution in [2.24, 2.45) is 11.8 Å². The molecule has 1 aromatic carbocycles. The summed E-state index contributed by atoms with van der Waals surface area (Å²) < 4.78 is 10.6. The Morgan fingerprint density at radius 2 is 1.92 bits per heavy atom. The standard InChI is InChI=1S/C19H27N3O3/c1-6-13(4)17(20-16(23)11-12(2)3)19-21-18(22-25-19)14-7-9-15(24-5)10-8-14/h7-10,12-13,17H,6,11H2,1-5H3,(H,20,23)/t13-,17+/m1/s1. The number of hydrogen-bond donors (Lipinski definition) is 1. The number of benzene rings is 1. The fraction of sp³-hybridized carbons (Fsp3) is 0.526. The van der Waals surface area contributed by atoms with E-state index in [0.717, 1.165) is 17.7 Å². The van der Waals surface area contributed by atoms with Crippen molar-refractivity contribution in [1.82, 2.24) is 15.5 Å². The van der Waals surface area contributed by atoms with Crippen LogP contribution in [0.1, 0.15) is 52.5 Å². The number of ether oxygens (including phenoxy) is 1. The molecule has 0 aliphatic rings. The molecule has 1 aromatic heterocycles. The van der Waals surface area contributed by atoms with Gasteiger partial charge in [-0.2, -0.15) is 4.98 Å². The SMILES string of the molecule is CC[C@@H](C)[C@H](NC(=O)CC(C)C)c1nc(-c2ccc(OC)cc2)no1. The zero-order chi connectivity index (χ0) is 18.4. The number of nitrogens with zero attached hydrogens (tertiary/aromatic N) is 2. The third-order valence-electron chi connectivity index (χ3n) is 4.18. The first-order chi connectivity index (χ1) is 11.9. The van der Waals surface area contributed by atoms with Crippen molar-refractivity contribution in [3.05, 3.63) is 30.2 Å². The van der Waals surface area contributed by atoms with E-state index >= 15 is 0 Å². The van der Waals surface area contributed by atoms with E-state index in [-0.39, 0.29) is 17.9 Å². The van der Waals surface area contributed by atoms with Crippen molar-refractivity contribution in [3.63, 3.8) is 0 Å². The first kappa shape index (κ1) is 19.0. The van der Waals surface area contributed by atoms with E-state index < -0.39 is 0 Å². The van der Waals surface area contributed by atoms with Gasteiger partial charge >= 0.3 is 0 Å².